The lowest BCUT2D eigenvalue weighted by molar-refractivity contribution is 0.363. The second-order valence-corrected chi connectivity index (χ2v) is 5.47. The van der Waals surface area contributed by atoms with E-state index < -0.39 is 0 Å². The minimum Gasteiger partial charge on any atom is -0.493 e. The third kappa shape index (κ3) is 3.05. The highest BCUT2D eigenvalue weighted by Gasteiger charge is 2.23. The van der Waals surface area contributed by atoms with Crippen LogP contribution in [-0.2, 0) is 6.54 Å². The van der Waals surface area contributed by atoms with Crippen LogP contribution in [0, 0.1) is 0 Å². The maximum Gasteiger partial charge on any atom is 0.174 e. The number of hydrogen-bond acceptors (Lipinski definition) is 5. The second kappa shape index (κ2) is 6.43. The Balaban J connectivity index is 2.33. The molecule has 0 saturated heterocycles. The molecule has 2 N–H and O–H groups in total. The van der Waals surface area contributed by atoms with Crippen molar-refractivity contribution in [3.63, 3.8) is 0 Å². The number of nitrogens with zero attached hydrogens (tertiary/aromatic N) is 3. The van der Waals surface area contributed by atoms with Crippen molar-refractivity contribution >= 4 is 15.9 Å². The number of aromatic nitrogens is 2. The minimum atomic E-state index is -0.359. The van der Waals surface area contributed by atoms with Gasteiger partial charge in [0.25, 0.3) is 0 Å². The van der Waals surface area contributed by atoms with Crippen molar-refractivity contribution in [1.29, 1.82) is 0 Å². The molecule has 0 bridgehead atoms. The molecule has 0 aliphatic rings. The summed E-state index contributed by atoms with van der Waals surface area (Å²) in [6.07, 6.45) is 3.30. The van der Waals surface area contributed by atoms with Crippen molar-refractivity contribution in [2.45, 2.75) is 12.6 Å². The number of nitrogens with two attached hydrogens (primary N) is 1. The Morgan fingerprint density at radius 2 is 2.30 bits per heavy atom. The first-order valence-corrected chi connectivity index (χ1v) is 7.06. The van der Waals surface area contributed by atoms with Gasteiger partial charge in [-0.15, -0.1) is 0 Å². The lowest BCUT2D eigenvalue weighted by atomic mass is 10.1. The first-order chi connectivity index (χ1) is 9.54. The first kappa shape index (κ1) is 15.1. The molecule has 0 aromatic carbocycles. The second-order valence-electron chi connectivity index (χ2n) is 4.75. The van der Waals surface area contributed by atoms with Gasteiger partial charge in [0.1, 0.15) is 5.69 Å². The van der Waals surface area contributed by atoms with Gasteiger partial charge in [-0.05, 0) is 36.1 Å². The zero-order valence-electron chi connectivity index (χ0n) is 11.8. The first-order valence-electron chi connectivity index (χ1n) is 6.27. The van der Waals surface area contributed by atoms with Gasteiger partial charge in [0, 0.05) is 12.1 Å². The average Bonchev–Trinajstić information content (AvgIpc) is 3.01. The molecular weight excluding hydrogens is 324 g/mol. The Bertz CT molecular complexity index is 564. The largest absolute Gasteiger partial charge is 0.493 e. The molecule has 2 aromatic heterocycles. The van der Waals surface area contributed by atoms with Gasteiger partial charge in [-0.25, -0.2) is 0 Å². The van der Waals surface area contributed by atoms with Crippen LogP contribution in [0.25, 0.3) is 0 Å². The summed E-state index contributed by atoms with van der Waals surface area (Å²) in [6.45, 7) is 1.62. The molecule has 0 spiro atoms. The number of furan rings is 1. The molecule has 1 atom stereocenters. The van der Waals surface area contributed by atoms with Gasteiger partial charge in [-0.3, -0.25) is 4.68 Å². The Kier molecular flexibility index (Phi) is 4.85. The van der Waals surface area contributed by atoms with Gasteiger partial charge in [-0.2, -0.15) is 5.10 Å². The van der Waals surface area contributed by atoms with E-state index in [9.17, 15) is 0 Å². The molecule has 0 fully saturated rings. The fourth-order valence-corrected chi connectivity index (χ4v) is 2.48. The van der Waals surface area contributed by atoms with Gasteiger partial charge in [-0.1, -0.05) is 0 Å². The lowest BCUT2D eigenvalue weighted by Gasteiger charge is -2.16. The van der Waals surface area contributed by atoms with Crippen LogP contribution in [-0.4, -0.2) is 42.4 Å². The van der Waals surface area contributed by atoms with Crippen LogP contribution < -0.4 is 10.5 Å². The summed E-state index contributed by atoms with van der Waals surface area (Å²) in [5.41, 5.74) is 8.06. The maximum atomic E-state index is 6.35. The SMILES string of the molecule is COc1cnn(CCN(C)C)c1C(N)c1ccoc1Br. The van der Waals surface area contributed by atoms with E-state index in [1.807, 2.05) is 24.8 Å². The summed E-state index contributed by atoms with van der Waals surface area (Å²) in [7, 11) is 5.66. The van der Waals surface area contributed by atoms with Crippen molar-refractivity contribution in [2.75, 3.05) is 27.7 Å². The minimum absolute atomic E-state index is 0.359. The molecule has 20 heavy (non-hydrogen) atoms. The van der Waals surface area contributed by atoms with E-state index in [-0.39, 0.29) is 6.04 Å². The predicted octanol–water partition coefficient (Wildman–Crippen LogP) is 1.86. The van der Waals surface area contributed by atoms with E-state index >= 15 is 0 Å². The summed E-state index contributed by atoms with van der Waals surface area (Å²) in [5.74, 6) is 0.685. The van der Waals surface area contributed by atoms with Crippen molar-refractivity contribution in [1.82, 2.24) is 14.7 Å². The van der Waals surface area contributed by atoms with Crippen LogP contribution in [0.2, 0.25) is 0 Å². The fourth-order valence-electron chi connectivity index (χ4n) is 2.00. The zero-order chi connectivity index (χ0) is 14.7. The van der Waals surface area contributed by atoms with Crippen LogP contribution in [0.3, 0.4) is 0 Å². The van der Waals surface area contributed by atoms with E-state index in [0.717, 1.165) is 24.3 Å². The topological polar surface area (TPSA) is 69.5 Å². The highest BCUT2D eigenvalue weighted by Crippen LogP contribution is 2.32. The summed E-state index contributed by atoms with van der Waals surface area (Å²) in [4.78, 5) is 2.09. The Hall–Kier alpha value is -1.31. The van der Waals surface area contributed by atoms with Crippen LogP contribution in [0.15, 0.2) is 27.6 Å². The van der Waals surface area contributed by atoms with Gasteiger partial charge < -0.3 is 19.8 Å². The van der Waals surface area contributed by atoms with Gasteiger partial charge >= 0.3 is 0 Å². The standard InChI is InChI=1S/C13H19BrN4O2/c1-17(2)5-6-18-12(10(19-3)8-16-18)11(15)9-4-7-20-13(9)14/h4,7-8,11H,5-6,15H2,1-3H3. The molecule has 1 unspecified atom stereocenters. The molecule has 6 nitrogen and oxygen atoms in total. The van der Waals surface area contributed by atoms with E-state index in [4.69, 9.17) is 14.9 Å². The molecule has 0 aliphatic carbocycles. The number of ether oxygens (including phenoxy) is 1. The van der Waals surface area contributed by atoms with Gasteiger partial charge in [0.2, 0.25) is 0 Å². The summed E-state index contributed by atoms with van der Waals surface area (Å²) in [5, 5.41) is 4.36. The molecule has 0 aliphatic heterocycles. The normalized spacial score (nSPS) is 12.9. The number of hydrogen-bond donors (Lipinski definition) is 1. The molecule has 7 heteroatoms. The van der Waals surface area contributed by atoms with Crippen LogP contribution >= 0.6 is 15.9 Å². The van der Waals surface area contributed by atoms with Crippen LogP contribution in [0.5, 0.6) is 5.75 Å². The van der Waals surface area contributed by atoms with Crippen LogP contribution in [0.1, 0.15) is 17.3 Å². The van der Waals surface area contributed by atoms with Crippen molar-refractivity contribution in [3.05, 3.63) is 34.5 Å². The zero-order valence-corrected chi connectivity index (χ0v) is 13.4. The Morgan fingerprint density at radius 3 is 2.85 bits per heavy atom. The van der Waals surface area contributed by atoms with Crippen molar-refractivity contribution < 1.29 is 9.15 Å². The average molecular weight is 343 g/mol. The number of methoxy groups -OCH3 is 1. The number of halogens is 1. The molecular formula is C13H19BrN4O2. The highest BCUT2D eigenvalue weighted by molar-refractivity contribution is 9.10. The predicted molar refractivity (Wildman–Crippen MR) is 79.8 cm³/mol. The Morgan fingerprint density at radius 1 is 1.55 bits per heavy atom. The molecule has 2 rings (SSSR count). The Labute approximate surface area is 126 Å². The molecule has 110 valence electrons. The third-order valence-electron chi connectivity index (χ3n) is 3.10. The lowest BCUT2D eigenvalue weighted by Crippen LogP contribution is -2.23. The quantitative estimate of drug-likeness (QED) is 0.867. The summed E-state index contributed by atoms with van der Waals surface area (Å²) in [6, 6.07) is 1.49. The van der Waals surface area contributed by atoms with E-state index in [2.05, 4.69) is 25.9 Å². The molecule has 0 amide bonds. The van der Waals surface area contributed by atoms with Crippen molar-refractivity contribution in [3.8, 4) is 5.75 Å². The fraction of sp³-hybridized carbons (Fsp3) is 0.462. The van der Waals surface area contributed by atoms with Crippen LogP contribution in [0.4, 0.5) is 0 Å². The monoisotopic (exact) mass is 342 g/mol. The molecule has 2 heterocycles. The van der Waals surface area contributed by atoms with E-state index in [1.165, 1.54) is 0 Å². The third-order valence-corrected chi connectivity index (χ3v) is 3.74. The van der Waals surface area contributed by atoms with Gasteiger partial charge in [0.15, 0.2) is 10.4 Å². The smallest absolute Gasteiger partial charge is 0.174 e. The number of rotatable bonds is 6. The van der Waals surface area contributed by atoms with Gasteiger partial charge in [0.05, 0.1) is 32.2 Å². The molecule has 0 radical (unpaired) electrons. The van der Waals surface area contributed by atoms with E-state index in [0.29, 0.717) is 10.4 Å². The molecule has 2 aromatic rings. The van der Waals surface area contributed by atoms with Crippen molar-refractivity contribution in [2.24, 2.45) is 5.73 Å². The summed E-state index contributed by atoms with van der Waals surface area (Å²) >= 11 is 3.36. The highest BCUT2D eigenvalue weighted by atomic mass is 79.9. The molecule has 0 saturated carbocycles. The van der Waals surface area contributed by atoms with E-state index in [1.54, 1.807) is 19.6 Å². The summed E-state index contributed by atoms with van der Waals surface area (Å²) < 4.78 is 13.1. The number of likely N-dealkylation sites (N-methyl/N-ethyl adjacent to an activating group) is 1. The maximum absolute atomic E-state index is 6.35.